The van der Waals surface area contributed by atoms with E-state index in [-0.39, 0.29) is 41.6 Å². The van der Waals surface area contributed by atoms with Gasteiger partial charge in [0.25, 0.3) is 0 Å². The summed E-state index contributed by atoms with van der Waals surface area (Å²) in [6.07, 6.45) is 0. The van der Waals surface area contributed by atoms with Crippen molar-refractivity contribution >= 4 is 69.6 Å². The Morgan fingerprint density at radius 1 is 0.562 bits per heavy atom. The van der Waals surface area contributed by atoms with Crippen molar-refractivity contribution in [3.63, 3.8) is 0 Å². The van der Waals surface area contributed by atoms with E-state index in [1.807, 2.05) is 0 Å². The van der Waals surface area contributed by atoms with Crippen LogP contribution in [0.2, 0.25) is 0 Å². The zero-order valence-electron chi connectivity index (χ0n) is 7.42. The van der Waals surface area contributed by atoms with Gasteiger partial charge in [0.15, 0.2) is 0 Å². The third kappa shape index (κ3) is 2.42. The van der Waals surface area contributed by atoms with Crippen LogP contribution in [0.15, 0.2) is 41.6 Å². The zero-order valence-corrected chi connectivity index (χ0v) is 12.0. The van der Waals surface area contributed by atoms with Gasteiger partial charge < -0.3 is 11.5 Å². The first-order valence-electron chi connectivity index (χ1n) is 3.71. The molecule has 0 saturated heterocycles. The predicted molar refractivity (Wildman–Crippen MR) is 71.6 cm³/mol. The van der Waals surface area contributed by atoms with Gasteiger partial charge in [0.2, 0.25) is 0 Å². The maximum absolute atomic E-state index is 5.93. The molecule has 0 unspecified atom stereocenters. The molecular weight excluding hydrogens is 337 g/mol. The lowest BCUT2D eigenvalue weighted by atomic mass is 10.2. The van der Waals surface area contributed by atoms with Crippen molar-refractivity contribution in [2.45, 2.75) is 0 Å². The minimum atomic E-state index is -0.137. The van der Waals surface area contributed by atoms with Crippen LogP contribution >= 0.6 is 69.6 Å². The highest BCUT2D eigenvalue weighted by molar-refractivity contribution is 6.57. The highest BCUT2D eigenvalue weighted by atomic mass is 35.5. The van der Waals surface area contributed by atoms with Crippen LogP contribution in [-0.4, -0.2) is 0 Å². The smallest absolute Gasteiger partial charge is 0.104 e. The molecule has 0 aromatic carbocycles. The Bertz CT molecular complexity index is 431. The van der Waals surface area contributed by atoms with E-state index in [0.717, 1.165) is 0 Å². The van der Waals surface area contributed by atoms with Crippen molar-refractivity contribution in [3.05, 3.63) is 41.6 Å². The Kier molecular flexibility index (Phi) is 4.76. The molecule has 8 heteroatoms. The fourth-order valence-corrected chi connectivity index (χ4v) is 2.55. The van der Waals surface area contributed by atoms with Crippen LogP contribution in [-0.2, 0) is 0 Å². The third-order valence-corrected chi connectivity index (χ3v) is 4.44. The molecule has 0 bridgehead atoms. The number of rotatable bonds is 0. The summed E-state index contributed by atoms with van der Waals surface area (Å²) in [5.74, 6) is -0.137. The Labute approximate surface area is 122 Å². The van der Waals surface area contributed by atoms with Gasteiger partial charge in [-0.2, -0.15) is 0 Å². The van der Waals surface area contributed by atoms with Gasteiger partial charge in [-0.25, -0.2) is 0 Å². The van der Waals surface area contributed by atoms with E-state index in [1.54, 1.807) is 0 Å². The highest BCUT2D eigenvalue weighted by Gasteiger charge is 2.26. The molecule has 2 nitrogen and oxygen atoms in total. The zero-order chi connectivity index (χ0) is 12.6. The van der Waals surface area contributed by atoms with Crippen molar-refractivity contribution < 1.29 is 0 Å². The molecule has 0 aromatic rings. The lowest BCUT2D eigenvalue weighted by Gasteiger charge is -2.07. The molecule has 1 rings (SSSR count). The molecule has 0 spiro atoms. The molecule has 0 saturated carbocycles. The molecule has 16 heavy (non-hydrogen) atoms. The lowest BCUT2D eigenvalue weighted by Crippen LogP contribution is -2.13. The summed E-state index contributed by atoms with van der Waals surface area (Å²) in [5, 5.41) is -0.104. The summed E-state index contributed by atoms with van der Waals surface area (Å²) in [7, 11) is 0. The number of hydrogen-bond donors (Lipinski definition) is 2. The average molecular weight is 341 g/mol. The summed E-state index contributed by atoms with van der Waals surface area (Å²) in [6.45, 7) is 0. The molecule has 1 aliphatic rings. The van der Waals surface area contributed by atoms with Crippen LogP contribution in [0.4, 0.5) is 0 Å². The Morgan fingerprint density at radius 3 is 1.06 bits per heavy atom. The standard InChI is InChI=1S/C8H4Cl6N2/c9-2-1(8(15)16)3(10)5(12)7(14)6(13)4(2)11/h15-16H2. The maximum Gasteiger partial charge on any atom is 0.104 e. The number of halogens is 6. The SMILES string of the molecule is NC(N)=C1C(Cl)=C(Cl)C(Cl)=C(Cl)C(Cl)=C1Cl. The van der Waals surface area contributed by atoms with Gasteiger partial charge in [-0.3, -0.25) is 0 Å². The van der Waals surface area contributed by atoms with E-state index < -0.39 is 0 Å². The van der Waals surface area contributed by atoms with Gasteiger partial charge in [-0.1, -0.05) is 69.6 Å². The van der Waals surface area contributed by atoms with Crippen LogP contribution in [0.1, 0.15) is 0 Å². The van der Waals surface area contributed by atoms with Crippen molar-refractivity contribution in [2.75, 3.05) is 0 Å². The molecule has 0 heterocycles. The second-order valence-electron chi connectivity index (χ2n) is 2.71. The molecular formula is C8H4Cl6N2. The number of hydrogen-bond acceptors (Lipinski definition) is 2. The van der Waals surface area contributed by atoms with Crippen molar-refractivity contribution in [1.82, 2.24) is 0 Å². The maximum atomic E-state index is 5.93. The summed E-state index contributed by atoms with van der Waals surface area (Å²) in [6, 6.07) is 0. The summed E-state index contributed by atoms with van der Waals surface area (Å²) in [5.41, 5.74) is 11.0. The van der Waals surface area contributed by atoms with E-state index in [4.69, 9.17) is 81.1 Å². The molecule has 0 fully saturated rings. The van der Waals surface area contributed by atoms with E-state index in [9.17, 15) is 0 Å². The van der Waals surface area contributed by atoms with Gasteiger partial charge in [0.1, 0.15) is 5.82 Å². The van der Waals surface area contributed by atoms with Crippen LogP contribution in [0, 0.1) is 0 Å². The lowest BCUT2D eigenvalue weighted by molar-refractivity contribution is 1.21. The molecule has 1 aliphatic carbocycles. The molecule has 0 aromatic heterocycles. The van der Waals surface area contributed by atoms with Crippen molar-refractivity contribution in [1.29, 1.82) is 0 Å². The number of allylic oxidation sites excluding steroid dienone is 7. The predicted octanol–water partition coefficient (Wildman–Crippen LogP) is 4.20. The van der Waals surface area contributed by atoms with E-state index in [0.29, 0.717) is 0 Å². The Balaban J connectivity index is 3.71. The third-order valence-electron chi connectivity index (χ3n) is 1.69. The molecule has 4 N–H and O–H groups in total. The molecule has 0 atom stereocenters. The highest BCUT2D eigenvalue weighted by Crippen LogP contribution is 2.45. The van der Waals surface area contributed by atoms with Crippen molar-refractivity contribution in [2.24, 2.45) is 11.5 Å². The van der Waals surface area contributed by atoms with Gasteiger partial charge in [0.05, 0.1) is 35.8 Å². The fourth-order valence-electron chi connectivity index (χ4n) is 0.955. The van der Waals surface area contributed by atoms with Crippen LogP contribution in [0.3, 0.4) is 0 Å². The molecule has 0 aliphatic heterocycles. The largest absolute Gasteiger partial charge is 0.385 e. The molecule has 0 radical (unpaired) electrons. The Hall–Kier alpha value is 0.300. The second-order valence-corrected chi connectivity index (χ2v) is 4.98. The van der Waals surface area contributed by atoms with Gasteiger partial charge in [0, 0.05) is 0 Å². The topological polar surface area (TPSA) is 52.0 Å². The van der Waals surface area contributed by atoms with Crippen molar-refractivity contribution in [3.8, 4) is 0 Å². The van der Waals surface area contributed by atoms with E-state index in [2.05, 4.69) is 0 Å². The Morgan fingerprint density at radius 2 is 0.812 bits per heavy atom. The second kappa shape index (κ2) is 5.30. The molecule has 88 valence electrons. The average Bonchev–Trinajstić information content (AvgIpc) is 2.27. The quantitative estimate of drug-likeness (QED) is 0.694. The number of nitrogens with two attached hydrogens (primary N) is 2. The first-order chi connectivity index (χ1) is 7.29. The minimum Gasteiger partial charge on any atom is -0.385 e. The summed E-state index contributed by atoms with van der Waals surface area (Å²) < 4.78 is 0. The van der Waals surface area contributed by atoms with E-state index in [1.165, 1.54) is 0 Å². The van der Waals surface area contributed by atoms with E-state index >= 15 is 0 Å². The van der Waals surface area contributed by atoms with Gasteiger partial charge in [-0.05, 0) is 0 Å². The monoisotopic (exact) mass is 338 g/mol. The normalized spacial score (nSPS) is 18.2. The van der Waals surface area contributed by atoms with Crippen LogP contribution < -0.4 is 11.5 Å². The first-order valence-corrected chi connectivity index (χ1v) is 5.98. The first kappa shape index (κ1) is 14.4. The summed E-state index contributed by atoms with van der Waals surface area (Å²) in [4.78, 5) is 0. The summed E-state index contributed by atoms with van der Waals surface area (Å²) >= 11 is 35.3. The van der Waals surface area contributed by atoms with Crippen LogP contribution in [0.25, 0.3) is 0 Å². The minimum absolute atomic E-state index is 0.00883. The van der Waals surface area contributed by atoms with Crippen LogP contribution in [0.5, 0.6) is 0 Å². The van der Waals surface area contributed by atoms with Gasteiger partial charge in [-0.15, -0.1) is 0 Å². The molecule has 0 amide bonds. The van der Waals surface area contributed by atoms with Gasteiger partial charge >= 0.3 is 0 Å². The fraction of sp³-hybridized carbons (Fsp3) is 0.